The Morgan fingerprint density at radius 1 is 1.24 bits per heavy atom. The van der Waals surface area contributed by atoms with E-state index < -0.39 is 0 Å². The maximum atomic E-state index is 10.4. The minimum absolute atomic E-state index is 0.0241. The molecule has 0 aliphatic heterocycles. The topological polar surface area (TPSA) is 60.2 Å². The molecule has 3 aromatic rings. The van der Waals surface area contributed by atoms with E-state index in [0.717, 1.165) is 35.0 Å². The summed E-state index contributed by atoms with van der Waals surface area (Å²) >= 11 is 6.56. The van der Waals surface area contributed by atoms with Gasteiger partial charge < -0.3 is 9.84 Å². The standard InChI is InChI=1S/C19H22ClN3O2/c1-4-13(5-2)23-17-16(14-9-7-6-8-12(14)11-25-3)15(20)10-21-18(17)22-19(23)24/h6-10,13H,4-5,11H2,1-3H3,(H,21,22,24). The van der Waals surface area contributed by atoms with Crippen molar-refractivity contribution in [3.05, 3.63) is 41.0 Å². The second kappa shape index (κ2) is 7.42. The molecule has 0 spiro atoms. The minimum atomic E-state index is -0.0241. The van der Waals surface area contributed by atoms with E-state index in [9.17, 15) is 5.11 Å². The zero-order valence-electron chi connectivity index (χ0n) is 14.7. The molecule has 3 rings (SSSR count). The highest BCUT2D eigenvalue weighted by molar-refractivity contribution is 6.34. The lowest BCUT2D eigenvalue weighted by Crippen LogP contribution is -2.07. The van der Waals surface area contributed by atoms with Crippen LogP contribution >= 0.6 is 11.6 Å². The highest BCUT2D eigenvalue weighted by Crippen LogP contribution is 2.40. The smallest absolute Gasteiger partial charge is 0.296 e. The van der Waals surface area contributed by atoms with Crippen LogP contribution in [0.5, 0.6) is 6.01 Å². The van der Waals surface area contributed by atoms with Crippen LogP contribution in [0.3, 0.4) is 0 Å². The van der Waals surface area contributed by atoms with Gasteiger partial charge in [0.25, 0.3) is 6.01 Å². The predicted molar refractivity (Wildman–Crippen MR) is 100.0 cm³/mol. The van der Waals surface area contributed by atoms with Crippen LogP contribution in [0.4, 0.5) is 0 Å². The number of aromatic nitrogens is 3. The van der Waals surface area contributed by atoms with Gasteiger partial charge in [0.15, 0.2) is 5.65 Å². The van der Waals surface area contributed by atoms with Crippen molar-refractivity contribution < 1.29 is 9.84 Å². The first-order valence-corrected chi connectivity index (χ1v) is 8.82. The SMILES string of the molecule is CCC(CC)n1c(O)nc2ncc(Cl)c(-c3ccccc3COC)c21. The van der Waals surface area contributed by atoms with Gasteiger partial charge in [-0.15, -0.1) is 0 Å². The number of imidazole rings is 1. The van der Waals surface area contributed by atoms with Gasteiger partial charge in [0.2, 0.25) is 0 Å². The Kier molecular flexibility index (Phi) is 5.25. The summed E-state index contributed by atoms with van der Waals surface area (Å²) in [6, 6.07) is 8.06. The molecule has 5 nitrogen and oxygen atoms in total. The summed E-state index contributed by atoms with van der Waals surface area (Å²) < 4.78 is 7.19. The van der Waals surface area contributed by atoms with Crippen LogP contribution in [-0.2, 0) is 11.3 Å². The molecule has 0 aliphatic rings. The van der Waals surface area contributed by atoms with Crippen molar-refractivity contribution in [1.29, 1.82) is 0 Å². The van der Waals surface area contributed by atoms with Crippen molar-refractivity contribution in [3.63, 3.8) is 0 Å². The molecular formula is C19H22ClN3O2. The number of fused-ring (bicyclic) bond motifs is 1. The number of benzene rings is 1. The van der Waals surface area contributed by atoms with Gasteiger partial charge in [-0.3, -0.25) is 4.57 Å². The van der Waals surface area contributed by atoms with E-state index in [1.807, 2.05) is 28.8 Å². The first kappa shape index (κ1) is 17.7. The van der Waals surface area contributed by atoms with E-state index in [0.29, 0.717) is 17.3 Å². The van der Waals surface area contributed by atoms with Crippen LogP contribution in [0.1, 0.15) is 38.3 Å². The Balaban J connectivity index is 2.37. The molecule has 1 aromatic carbocycles. The van der Waals surface area contributed by atoms with E-state index in [-0.39, 0.29) is 12.1 Å². The number of pyridine rings is 1. The molecule has 6 heteroatoms. The van der Waals surface area contributed by atoms with Crippen molar-refractivity contribution in [2.75, 3.05) is 7.11 Å². The molecule has 25 heavy (non-hydrogen) atoms. The van der Waals surface area contributed by atoms with Crippen LogP contribution < -0.4 is 0 Å². The van der Waals surface area contributed by atoms with Crippen molar-refractivity contribution in [2.24, 2.45) is 0 Å². The largest absolute Gasteiger partial charge is 0.480 e. The lowest BCUT2D eigenvalue weighted by atomic mass is 9.99. The summed E-state index contributed by atoms with van der Waals surface area (Å²) in [5.74, 6) is 0. The lowest BCUT2D eigenvalue weighted by molar-refractivity contribution is 0.185. The van der Waals surface area contributed by atoms with Crippen LogP contribution in [0.2, 0.25) is 5.02 Å². The molecule has 0 bridgehead atoms. The fourth-order valence-electron chi connectivity index (χ4n) is 3.33. The van der Waals surface area contributed by atoms with Crippen molar-refractivity contribution >= 4 is 22.8 Å². The van der Waals surface area contributed by atoms with Gasteiger partial charge in [0, 0.05) is 24.9 Å². The maximum Gasteiger partial charge on any atom is 0.296 e. The fourth-order valence-corrected chi connectivity index (χ4v) is 3.57. The van der Waals surface area contributed by atoms with Gasteiger partial charge in [-0.1, -0.05) is 49.7 Å². The molecule has 0 amide bonds. The zero-order chi connectivity index (χ0) is 18.0. The molecular weight excluding hydrogens is 338 g/mol. The molecule has 0 aliphatic carbocycles. The molecule has 1 N–H and O–H groups in total. The molecule has 0 unspecified atom stereocenters. The number of aromatic hydroxyl groups is 1. The predicted octanol–water partition coefficient (Wildman–Crippen LogP) is 4.96. The molecule has 2 heterocycles. The van der Waals surface area contributed by atoms with Crippen LogP contribution in [0.25, 0.3) is 22.3 Å². The quantitative estimate of drug-likeness (QED) is 0.675. The summed E-state index contributed by atoms with van der Waals surface area (Å²) in [6.07, 6.45) is 3.34. The van der Waals surface area contributed by atoms with E-state index in [1.54, 1.807) is 13.3 Å². The van der Waals surface area contributed by atoms with Gasteiger partial charge in [0.05, 0.1) is 11.6 Å². The van der Waals surface area contributed by atoms with Crippen molar-refractivity contribution in [1.82, 2.24) is 14.5 Å². The van der Waals surface area contributed by atoms with E-state index in [1.165, 1.54) is 0 Å². The summed E-state index contributed by atoms with van der Waals surface area (Å²) in [6.45, 7) is 4.66. The highest BCUT2D eigenvalue weighted by atomic mass is 35.5. The average molecular weight is 360 g/mol. The number of halogens is 1. The Morgan fingerprint density at radius 3 is 2.64 bits per heavy atom. The second-order valence-electron chi connectivity index (χ2n) is 6.00. The van der Waals surface area contributed by atoms with Crippen LogP contribution in [0.15, 0.2) is 30.5 Å². The molecule has 0 saturated carbocycles. The monoisotopic (exact) mass is 359 g/mol. The van der Waals surface area contributed by atoms with Crippen LogP contribution in [0, 0.1) is 0 Å². The Hall–Kier alpha value is -2.11. The fraction of sp³-hybridized carbons (Fsp3) is 0.368. The summed E-state index contributed by atoms with van der Waals surface area (Å²) in [5.41, 5.74) is 4.09. The number of nitrogens with zero attached hydrogens (tertiary/aromatic N) is 3. The number of rotatable bonds is 6. The summed E-state index contributed by atoms with van der Waals surface area (Å²) in [7, 11) is 1.67. The van der Waals surface area contributed by atoms with Gasteiger partial charge in [-0.25, -0.2) is 4.98 Å². The zero-order valence-corrected chi connectivity index (χ0v) is 15.4. The minimum Gasteiger partial charge on any atom is -0.480 e. The molecule has 0 atom stereocenters. The Morgan fingerprint density at radius 2 is 1.96 bits per heavy atom. The van der Waals surface area contributed by atoms with Gasteiger partial charge >= 0.3 is 0 Å². The first-order chi connectivity index (χ1) is 12.1. The summed E-state index contributed by atoms with van der Waals surface area (Å²) in [4.78, 5) is 8.57. The normalized spacial score (nSPS) is 11.6. The van der Waals surface area contributed by atoms with E-state index in [2.05, 4.69) is 23.8 Å². The van der Waals surface area contributed by atoms with Gasteiger partial charge in [-0.2, -0.15) is 4.98 Å². The van der Waals surface area contributed by atoms with Gasteiger partial charge in [0.1, 0.15) is 5.52 Å². The molecule has 0 radical (unpaired) electrons. The number of hydrogen-bond donors (Lipinski definition) is 1. The third-order valence-corrected chi connectivity index (χ3v) is 4.83. The first-order valence-electron chi connectivity index (χ1n) is 8.44. The highest BCUT2D eigenvalue weighted by Gasteiger charge is 2.23. The number of ether oxygens (including phenoxy) is 1. The van der Waals surface area contributed by atoms with Crippen molar-refractivity contribution in [3.8, 4) is 17.1 Å². The number of hydrogen-bond acceptors (Lipinski definition) is 4. The van der Waals surface area contributed by atoms with E-state index >= 15 is 0 Å². The third-order valence-electron chi connectivity index (χ3n) is 4.54. The van der Waals surface area contributed by atoms with E-state index in [4.69, 9.17) is 16.3 Å². The molecule has 0 fully saturated rings. The Bertz CT molecular complexity index is 888. The van der Waals surface area contributed by atoms with Crippen molar-refractivity contribution in [2.45, 2.75) is 39.3 Å². The third kappa shape index (κ3) is 3.10. The molecule has 132 valence electrons. The molecule has 2 aromatic heterocycles. The lowest BCUT2D eigenvalue weighted by Gasteiger charge is -2.19. The maximum absolute atomic E-state index is 10.4. The summed E-state index contributed by atoms with van der Waals surface area (Å²) in [5, 5.41) is 11.0. The van der Waals surface area contributed by atoms with Crippen LogP contribution in [-0.4, -0.2) is 26.8 Å². The number of methoxy groups -OCH3 is 1. The Labute approximate surface area is 152 Å². The second-order valence-corrected chi connectivity index (χ2v) is 6.40. The average Bonchev–Trinajstić information content (AvgIpc) is 2.94. The molecule has 0 saturated heterocycles. The van der Waals surface area contributed by atoms with Gasteiger partial charge in [-0.05, 0) is 24.0 Å².